The molecule has 1 aromatic carbocycles. The fourth-order valence-corrected chi connectivity index (χ4v) is 2.43. The summed E-state index contributed by atoms with van der Waals surface area (Å²) in [4.78, 5) is 10.8. The van der Waals surface area contributed by atoms with Crippen LogP contribution in [0.2, 0.25) is 0 Å². The monoisotopic (exact) mass is 252 g/mol. The summed E-state index contributed by atoms with van der Waals surface area (Å²) >= 11 is 0. The third-order valence-corrected chi connectivity index (χ3v) is 3.36. The summed E-state index contributed by atoms with van der Waals surface area (Å²) < 4.78 is 5.22. The van der Waals surface area contributed by atoms with Crippen LogP contribution in [0.1, 0.15) is 35.6 Å². The van der Waals surface area contributed by atoms with Gasteiger partial charge in [0.1, 0.15) is 11.5 Å². The Labute approximate surface area is 105 Å². The van der Waals surface area contributed by atoms with Crippen LogP contribution < -0.4 is 4.74 Å². The Morgan fingerprint density at radius 1 is 1.33 bits per heavy atom. The highest BCUT2D eigenvalue weighted by Crippen LogP contribution is 2.40. The zero-order chi connectivity index (χ0) is 13.3. The van der Waals surface area contributed by atoms with Crippen molar-refractivity contribution in [1.82, 2.24) is 0 Å². The molecular weight excluding hydrogens is 236 g/mol. The summed E-state index contributed by atoms with van der Waals surface area (Å²) in [6.45, 7) is 0. The van der Waals surface area contributed by atoms with Crippen LogP contribution in [0.3, 0.4) is 0 Å². The largest absolute Gasteiger partial charge is 0.507 e. The van der Waals surface area contributed by atoms with E-state index in [9.17, 15) is 15.0 Å². The van der Waals surface area contributed by atoms with E-state index in [0.29, 0.717) is 17.7 Å². The van der Waals surface area contributed by atoms with Crippen LogP contribution in [-0.2, 0) is 17.6 Å². The molecule has 1 atom stereocenters. The van der Waals surface area contributed by atoms with E-state index in [0.717, 1.165) is 24.8 Å². The van der Waals surface area contributed by atoms with E-state index in [2.05, 4.69) is 0 Å². The molecule has 3 N–H and O–H groups in total. The van der Waals surface area contributed by atoms with Crippen molar-refractivity contribution in [1.29, 1.82) is 0 Å². The van der Waals surface area contributed by atoms with Gasteiger partial charge in [-0.15, -0.1) is 0 Å². The maximum Gasteiger partial charge on any atom is 0.337 e. The SMILES string of the molecule is COc1cc(C(O)C(=O)O)c(O)c2c1CCCC2. The number of benzene rings is 1. The number of aliphatic hydroxyl groups is 1. The molecule has 0 saturated heterocycles. The van der Waals surface area contributed by atoms with Crippen molar-refractivity contribution in [2.24, 2.45) is 0 Å². The maximum atomic E-state index is 10.8. The average molecular weight is 252 g/mol. The number of ether oxygens (including phenoxy) is 1. The van der Waals surface area contributed by atoms with E-state index in [1.54, 1.807) is 0 Å². The van der Waals surface area contributed by atoms with Crippen LogP contribution >= 0.6 is 0 Å². The molecule has 0 saturated carbocycles. The zero-order valence-corrected chi connectivity index (χ0v) is 10.1. The van der Waals surface area contributed by atoms with Crippen LogP contribution in [0.5, 0.6) is 11.5 Å². The van der Waals surface area contributed by atoms with E-state index >= 15 is 0 Å². The Kier molecular flexibility index (Phi) is 3.43. The number of hydrogen-bond donors (Lipinski definition) is 3. The molecule has 98 valence electrons. The lowest BCUT2D eigenvalue weighted by Crippen LogP contribution is -2.14. The molecule has 0 radical (unpaired) electrons. The number of aliphatic carboxylic acids is 1. The number of methoxy groups -OCH3 is 1. The van der Waals surface area contributed by atoms with Crippen molar-refractivity contribution >= 4 is 5.97 Å². The molecule has 1 aliphatic rings. The van der Waals surface area contributed by atoms with Gasteiger partial charge >= 0.3 is 5.97 Å². The lowest BCUT2D eigenvalue weighted by Gasteiger charge is -2.22. The summed E-state index contributed by atoms with van der Waals surface area (Å²) in [5, 5.41) is 28.5. The molecule has 0 aliphatic heterocycles. The van der Waals surface area contributed by atoms with E-state index in [1.807, 2.05) is 0 Å². The van der Waals surface area contributed by atoms with Crippen molar-refractivity contribution in [3.05, 3.63) is 22.8 Å². The molecule has 0 fully saturated rings. The minimum Gasteiger partial charge on any atom is -0.507 e. The first-order valence-electron chi connectivity index (χ1n) is 5.88. The van der Waals surface area contributed by atoms with Crippen molar-refractivity contribution in [2.75, 3.05) is 7.11 Å². The Morgan fingerprint density at radius 3 is 2.50 bits per heavy atom. The highest BCUT2D eigenvalue weighted by Gasteiger charge is 2.27. The smallest absolute Gasteiger partial charge is 0.337 e. The van der Waals surface area contributed by atoms with E-state index in [-0.39, 0.29) is 11.3 Å². The van der Waals surface area contributed by atoms with Gasteiger partial charge < -0.3 is 20.1 Å². The second-order valence-electron chi connectivity index (χ2n) is 4.42. The normalized spacial score (nSPS) is 15.9. The summed E-state index contributed by atoms with van der Waals surface area (Å²) in [5.41, 5.74) is 1.62. The number of rotatable bonds is 3. The average Bonchev–Trinajstić information content (AvgIpc) is 2.38. The van der Waals surface area contributed by atoms with Gasteiger partial charge in [-0.1, -0.05) is 0 Å². The van der Waals surface area contributed by atoms with Gasteiger partial charge in [0.05, 0.1) is 7.11 Å². The Morgan fingerprint density at radius 2 is 1.94 bits per heavy atom. The van der Waals surface area contributed by atoms with Crippen LogP contribution in [-0.4, -0.2) is 28.4 Å². The topological polar surface area (TPSA) is 87.0 Å². The number of carboxylic acid groups (broad SMARTS) is 1. The molecule has 0 aromatic heterocycles. The molecule has 1 unspecified atom stereocenters. The van der Waals surface area contributed by atoms with Gasteiger partial charge in [-0.05, 0) is 31.7 Å². The highest BCUT2D eigenvalue weighted by atomic mass is 16.5. The first kappa shape index (κ1) is 12.7. The molecule has 0 heterocycles. The first-order chi connectivity index (χ1) is 8.56. The zero-order valence-electron chi connectivity index (χ0n) is 10.1. The summed E-state index contributed by atoms with van der Waals surface area (Å²) in [6, 6.07) is 1.41. The maximum absolute atomic E-state index is 10.8. The van der Waals surface area contributed by atoms with Gasteiger partial charge in [-0.25, -0.2) is 4.79 Å². The third kappa shape index (κ3) is 2.01. The lowest BCUT2D eigenvalue weighted by molar-refractivity contribution is -0.147. The number of aromatic hydroxyl groups is 1. The lowest BCUT2D eigenvalue weighted by atomic mass is 9.87. The molecule has 18 heavy (non-hydrogen) atoms. The van der Waals surface area contributed by atoms with Gasteiger partial charge in [0.15, 0.2) is 6.10 Å². The van der Waals surface area contributed by atoms with Crippen LogP contribution in [0.4, 0.5) is 0 Å². The van der Waals surface area contributed by atoms with Crippen molar-refractivity contribution in [3.63, 3.8) is 0 Å². The standard InChI is InChI=1S/C13H16O5/c1-18-10-6-9(12(15)13(16)17)11(14)8-5-3-2-4-7(8)10/h6,12,14-15H,2-5H2,1H3,(H,16,17). The quantitative estimate of drug-likeness (QED) is 0.756. The van der Waals surface area contributed by atoms with E-state index in [4.69, 9.17) is 9.84 Å². The Bertz CT molecular complexity index is 481. The number of carbonyl (C=O) groups is 1. The molecule has 0 spiro atoms. The first-order valence-corrected chi connectivity index (χ1v) is 5.88. The number of aliphatic hydroxyl groups excluding tert-OH is 1. The van der Waals surface area contributed by atoms with Crippen molar-refractivity contribution in [2.45, 2.75) is 31.8 Å². The number of hydrogen-bond acceptors (Lipinski definition) is 4. The highest BCUT2D eigenvalue weighted by molar-refractivity contribution is 5.76. The van der Waals surface area contributed by atoms with Crippen LogP contribution in [0, 0.1) is 0 Å². The Hall–Kier alpha value is -1.75. The predicted molar refractivity (Wildman–Crippen MR) is 63.9 cm³/mol. The molecule has 5 nitrogen and oxygen atoms in total. The van der Waals surface area contributed by atoms with Crippen molar-refractivity contribution < 1.29 is 24.9 Å². The van der Waals surface area contributed by atoms with E-state index in [1.165, 1.54) is 13.2 Å². The fourth-order valence-electron chi connectivity index (χ4n) is 2.43. The second kappa shape index (κ2) is 4.86. The Balaban J connectivity index is 2.58. The van der Waals surface area contributed by atoms with Gasteiger partial charge in [-0.2, -0.15) is 0 Å². The summed E-state index contributed by atoms with van der Waals surface area (Å²) in [5.74, 6) is -0.957. The van der Waals surface area contributed by atoms with Crippen LogP contribution in [0.15, 0.2) is 6.07 Å². The minimum absolute atomic E-state index is 0.000000000000000222. The van der Waals surface area contributed by atoms with Gasteiger partial charge in [0, 0.05) is 16.7 Å². The van der Waals surface area contributed by atoms with E-state index < -0.39 is 12.1 Å². The predicted octanol–water partition coefficient (Wildman–Crippen LogP) is 1.40. The van der Waals surface area contributed by atoms with Gasteiger partial charge in [0.2, 0.25) is 0 Å². The molecule has 0 bridgehead atoms. The van der Waals surface area contributed by atoms with Crippen molar-refractivity contribution in [3.8, 4) is 11.5 Å². The van der Waals surface area contributed by atoms with Gasteiger partial charge in [-0.3, -0.25) is 0 Å². The molecular formula is C13H16O5. The molecule has 1 aromatic rings. The second-order valence-corrected chi connectivity index (χ2v) is 4.42. The summed E-state index contributed by atoms with van der Waals surface area (Å²) in [6.07, 6.45) is 1.71. The molecule has 1 aliphatic carbocycles. The molecule has 5 heteroatoms. The number of fused-ring (bicyclic) bond motifs is 1. The van der Waals surface area contributed by atoms with Crippen LogP contribution in [0.25, 0.3) is 0 Å². The summed E-state index contributed by atoms with van der Waals surface area (Å²) in [7, 11) is 1.50. The number of carboxylic acids is 1. The van der Waals surface area contributed by atoms with Gasteiger partial charge in [0.25, 0.3) is 0 Å². The molecule has 2 rings (SSSR count). The minimum atomic E-state index is -1.73. The number of phenols is 1. The third-order valence-electron chi connectivity index (χ3n) is 3.36. The molecule has 0 amide bonds. The number of phenolic OH excluding ortho intramolecular Hbond substituents is 1. The fraction of sp³-hybridized carbons (Fsp3) is 0.462.